The van der Waals surface area contributed by atoms with E-state index in [0.29, 0.717) is 31.2 Å². The summed E-state index contributed by atoms with van der Waals surface area (Å²) in [5.41, 5.74) is 1.99. The van der Waals surface area contributed by atoms with Gasteiger partial charge in [-0.15, -0.1) is 0 Å². The molecule has 0 aliphatic carbocycles. The second-order valence-corrected chi connectivity index (χ2v) is 7.45. The second-order valence-electron chi connectivity index (χ2n) is 7.45. The zero-order valence-electron chi connectivity index (χ0n) is 16.2. The van der Waals surface area contributed by atoms with E-state index in [2.05, 4.69) is 29.2 Å². The molecule has 1 saturated heterocycles. The maximum Gasteiger partial charge on any atom is 0.265 e. The number of likely N-dealkylation sites (tertiary alicyclic amines) is 1. The number of nitrogens with zero attached hydrogens (tertiary/aromatic N) is 3. The minimum Gasteiger partial charge on any atom is -0.338 e. The predicted molar refractivity (Wildman–Crippen MR) is 110 cm³/mol. The molecule has 1 aliphatic rings. The van der Waals surface area contributed by atoms with Crippen LogP contribution in [-0.4, -0.2) is 33.4 Å². The number of pyridine rings is 2. The van der Waals surface area contributed by atoms with Crippen LogP contribution in [0.5, 0.6) is 0 Å². The first-order valence-electron chi connectivity index (χ1n) is 9.99. The molecule has 5 nitrogen and oxygen atoms in total. The van der Waals surface area contributed by atoms with Crippen molar-refractivity contribution in [2.24, 2.45) is 5.92 Å². The number of aryl methyl sites for hydroxylation is 1. The van der Waals surface area contributed by atoms with Crippen LogP contribution in [-0.2, 0) is 13.0 Å². The van der Waals surface area contributed by atoms with Crippen molar-refractivity contribution < 1.29 is 4.79 Å². The van der Waals surface area contributed by atoms with Gasteiger partial charge in [0.05, 0.1) is 0 Å². The summed E-state index contributed by atoms with van der Waals surface area (Å²) in [7, 11) is 0. The molecule has 0 bridgehead atoms. The number of aromatic nitrogens is 2. The molecule has 0 spiro atoms. The van der Waals surface area contributed by atoms with Crippen molar-refractivity contribution in [2.75, 3.05) is 13.1 Å². The zero-order chi connectivity index (χ0) is 19.5. The van der Waals surface area contributed by atoms with Gasteiger partial charge < -0.3 is 4.90 Å². The molecule has 28 heavy (non-hydrogen) atoms. The first-order valence-corrected chi connectivity index (χ1v) is 9.99. The maximum absolute atomic E-state index is 13.1. The minimum atomic E-state index is -0.245. The van der Waals surface area contributed by atoms with Gasteiger partial charge in [0.1, 0.15) is 11.2 Å². The summed E-state index contributed by atoms with van der Waals surface area (Å²) in [5.74, 6) is 0.427. The van der Waals surface area contributed by atoms with Crippen molar-refractivity contribution in [2.45, 2.75) is 32.7 Å². The van der Waals surface area contributed by atoms with Crippen LogP contribution >= 0.6 is 0 Å². The lowest BCUT2D eigenvalue weighted by Gasteiger charge is -2.32. The summed E-state index contributed by atoms with van der Waals surface area (Å²) in [6, 6.07) is 15.9. The van der Waals surface area contributed by atoms with Gasteiger partial charge in [0, 0.05) is 31.2 Å². The molecule has 144 valence electrons. The molecule has 0 saturated carbocycles. The van der Waals surface area contributed by atoms with Crippen LogP contribution in [0.15, 0.2) is 59.5 Å². The molecular formula is C23H25N3O2. The number of hydrogen-bond donors (Lipinski definition) is 0. The number of carbonyl (C=O) groups excluding carboxylic acids is 1. The highest BCUT2D eigenvalue weighted by molar-refractivity contribution is 5.97. The molecule has 1 amide bonds. The fraction of sp³-hybridized carbons (Fsp3) is 0.348. The molecule has 1 aliphatic heterocycles. The molecule has 2 aromatic heterocycles. The Morgan fingerprint density at radius 3 is 2.57 bits per heavy atom. The molecule has 5 heteroatoms. The number of hydrogen-bond acceptors (Lipinski definition) is 3. The lowest BCUT2D eigenvalue weighted by Crippen LogP contribution is -2.41. The number of carbonyl (C=O) groups is 1. The Kier molecular flexibility index (Phi) is 5.24. The highest BCUT2D eigenvalue weighted by Crippen LogP contribution is 2.23. The van der Waals surface area contributed by atoms with E-state index in [1.165, 1.54) is 5.56 Å². The third-order valence-corrected chi connectivity index (χ3v) is 5.66. The van der Waals surface area contributed by atoms with E-state index in [4.69, 9.17) is 0 Å². The molecule has 1 fully saturated rings. The number of benzene rings is 1. The van der Waals surface area contributed by atoms with E-state index in [0.717, 1.165) is 24.6 Å². The summed E-state index contributed by atoms with van der Waals surface area (Å²) < 4.78 is 1.59. The topological polar surface area (TPSA) is 55.2 Å². The quantitative estimate of drug-likeness (QED) is 0.701. The fourth-order valence-electron chi connectivity index (χ4n) is 4.11. The van der Waals surface area contributed by atoms with Crippen LogP contribution in [0.4, 0.5) is 0 Å². The normalized spacial score (nSPS) is 15.1. The molecule has 0 unspecified atom stereocenters. The molecular weight excluding hydrogens is 350 g/mol. The molecule has 0 N–H and O–H groups in total. The molecule has 0 radical (unpaired) electrons. The molecule has 0 atom stereocenters. The van der Waals surface area contributed by atoms with E-state index in [1.54, 1.807) is 16.8 Å². The van der Waals surface area contributed by atoms with Gasteiger partial charge in [-0.1, -0.05) is 30.3 Å². The van der Waals surface area contributed by atoms with Crippen molar-refractivity contribution in [1.82, 2.24) is 14.5 Å². The van der Waals surface area contributed by atoms with Crippen LogP contribution in [0, 0.1) is 5.92 Å². The lowest BCUT2D eigenvalue weighted by atomic mass is 9.90. The minimum absolute atomic E-state index is 0.156. The number of piperidine rings is 1. The van der Waals surface area contributed by atoms with Gasteiger partial charge in [0.15, 0.2) is 0 Å². The second kappa shape index (κ2) is 7.97. The lowest BCUT2D eigenvalue weighted by molar-refractivity contribution is 0.0688. The van der Waals surface area contributed by atoms with Crippen molar-refractivity contribution >= 4 is 16.9 Å². The Morgan fingerprint density at radius 1 is 1.11 bits per heavy atom. The van der Waals surface area contributed by atoms with Crippen LogP contribution in [0.3, 0.4) is 0 Å². The van der Waals surface area contributed by atoms with E-state index in [-0.39, 0.29) is 17.0 Å². The number of amides is 1. The SMILES string of the molecule is CCn1c(=O)c(C(=O)N2CCC(Cc3ccccc3)CC2)cc2cccnc21. The first-order chi connectivity index (χ1) is 13.7. The van der Waals surface area contributed by atoms with Gasteiger partial charge in [-0.25, -0.2) is 4.98 Å². The van der Waals surface area contributed by atoms with Crippen LogP contribution in [0.2, 0.25) is 0 Å². The Labute approximate surface area is 164 Å². The third-order valence-electron chi connectivity index (χ3n) is 5.66. The largest absolute Gasteiger partial charge is 0.338 e. The maximum atomic E-state index is 13.1. The number of rotatable bonds is 4. The van der Waals surface area contributed by atoms with Gasteiger partial charge in [0.25, 0.3) is 11.5 Å². The van der Waals surface area contributed by atoms with E-state index in [9.17, 15) is 9.59 Å². The Hall–Kier alpha value is -2.95. The van der Waals surface area contributed by atoms with Crippen molar-refractivity contribution in [3.63, 3.8) is 0 Å². The molecule has 4 rings (SSSR count). The summed E-state index contributed by atoms with van der Waals surface area (Å²) in [6.07, 6.45) is 4.66. The third kappa shape index (κ3) is 3.57. The zero-order valence-corrected chi connectivity index (χ0v) is 16.2. The van der Waals surface area contributed by atoms with Gasteiger partial charge >= 0.3 is 0 Å². The first kappa shape index (κ1) is 18.4. The van der Waals surface area contributed by atoms with Gasteiger partial charge in [-0.2, -0.15) is 0 Å². The van der Waals surface area contributed by atoms with Crippen LogP contribution in [0.1, 0.15) is 35.7 Å². The Bertz CT molecular complexity index is 1030. The highest BCUT2D eigenvalue weighted by Gasteiger charge is 2.26. The smallest absolute Gasteiger partial charge is 0.265 e. The molecule has 3 heterocycles. The predicted octanol–water partition coefficient (Wildman–Crippen LogP) is 3.51. The summed E-state index contributed by atoms with van der Waals surface area (Å²) in [6.45, 7) is 3.80. The Morgan fingerprint density at radius 2 is 1.86 bits per heavy atom. The van der Waals surface area contributed by atoms with Gasteiger partial charge in [0.2, 0.25) is 0 Å². The average molecular weight is 375 g/mol. The summed E-state index contributed by atoms with van der Waals surface area (Å²) in [4.78, 5) is 32.1. The Balaban J connectivity index is 1.51. The van der Waals surface area contributed by atoms with Gasteiger partial charge in [-0.05, 0) is 55.9 Å². The van der Waals surface area contributed by atoms with Crippen LogP contribution < -0.4 is 5.56 Å². The molecule has 3 aromatic rings. The van der Waals surface area contributed by atoms with Crippen molar-refractivity contribution in [1.29, 1.82) is 0 Å². The number of fused-ring (bicyclic) bond motifs is 1. The van der Waals surface area contributed by atoms with E-state index in [1.807, 2.05) is 30.0 Å². The fourth-order valence-corrected chi connectivity index (χ4v) is 4.11. The van der Waals surface area contributed by atoms with E-state index < -0.39 is 0 Å². The van der Waals surface area contributed by atoms with E-state index >= 15 is 0 Å². The van der Waals surface area contributed by atoms with Gasteiger partial charge in [-0.3, -0.25) is 14.2 Å². The highest BCUT2D eigenvalue weighted by atomic mass is 16.2. The average Bonchev–Trinajstić information content (AvgIpc) is 2.74. The van der Waals surface area contributed by atoms with Crippen molar-refractivity contribution in [3.8, 4) is 0 Å². The summed E-state index contributed by atoms with van der Waals surface area (Å²) >= 11 is 0. The van der Waals surface area contributed by atoms with Crippen LogP contribution in [0.25, 0.3) is 11.0 Å². The molecule has 1 aromatic carbocycles. The van der Waals surface area contributed by atoms with Crippen molar-refractivity contribution in [3.05, 3.63) is 76.2 Å². The monoisotopic (exact) mass is 375 g/mol. The standard InChI is InChI=1S/C23H25N3O2/c1-2-26-21-19(9-6-12-24-21)16-20(23(26)28)22(27)25-13-10-18(11-14-25)15-17-7-4-3-5-8-17/h3-9,12,16,18H,2,10-11,13-15H2,1H3. The summed E-state index contributed by atoms with van der Waals surface area (Å²) in [5, 5.41) is 0.825.